The molecule has 0 aliphatic carbocycles. The number of nitrogen functional groups attached to an aromatic ring is 1. The van der Waals surface area contributed by atoms with Crippen LogP contribution < -0.4 is 11.5 Å². The van der Waals surface area contributed by atoms with E-state index in [2.05, 4.69) is 0 Å². The van der Waals surface area contributed by atoms with Crippen LogP contribution in [0, 0.1) is 5.82 Å². The predicted octanol–water partition coefficient (Wildman–Crippen LogP) is 1.08. The maximum Gasteiger partial charge on any atom is 0.337 e. The van der Waals surface area contributed by atoms with Gasteiger partial charge in [-0.15, -0.1) is 0 Å². The van der Waals surface area contributed by atoms with Crippen LogP contribution in [0.2, 0.25) is 0 Å². The number of hydrogen-bond acceptors (Lipinski definition) is 3. The topological polar surface area (TPSA) is 89.3 Å². The molecule has 0 radical (unpaired) electrons. The molecule has 15 heavy (non-hydrogen) atoms. The molecule has 0 aromatic heterocycles. The number of carbonyl (C=O) groups is 1. The second-order valence-corrected chi connectivity index (χ2v) is 2.90. The van der Waals surface area contributed by atoms with Crippen LogP contribution in [0.3, 0.4) is 0 Å². The van der Waals surface area contributed by atoms with E-state index in [1.165, 1.54) is 6.08 Å². The van der Waals surface area contributed by atoms with Crippen LogP contribution in [0.15, 0.2) is 18.2 Å². The van der Waals surface area contributed by atoms with Gasteiger partial charge < -0.3 is 16.6 Å². The zero-order chi connectivity index (χ0) is 11.4. The van der Waals surface area contributed by atoms with Crippen LogP contribution in [0.5, 0.6) is 0 Å². The van der Waals surface area contributed by atoms with E-state index in [9.17, 15) is 9.18 Å². The molecule has 5 N–H and O–H groups in total. The summed E-state index contributed by atoms with van der Waals surface area (Å²) < 4.78 is 13.0. The lowest BCUT2D eigenvalue weighted by atomic mass is 10.1. The third kappa shape index (κ3) is 2.54. The maximum absolute atomic E-state index is 13.0. The average molecular weight is 210 g/mol. The first-order valence-electron chi connectivity index (χ1n) is 4.25. The van der Waals surface area contributed by atoms with Crippen molar-refractivity contribution in [2.24, 2.45) is 5.73 Å². The van der Waals surface area contributed by atoms with Crippen LogP contribution in [0.4, 0.5) is 10.1 Å². The van der Waals surface area contributed by atoms with Crippen molar-refractivity contribution in [3.05, 3.63) is 35.2 Å². The lowest BCUT2D eigenvalue weighted by Crippen LogP contribution is -2.05. The minimum atomic E-state index is -1.26. The number of carboxylic acid groups (broad SMARTS) is 1. The van der Waals surface area contributed by atoms with Gasteiger partial charge in [0.15, 0.2) is 0 Å². The highest BCUT2D eigenvalue weighted by atomic mass is 19.1. The normalized spacial score (nSPS) is 10.8. The molecule has 4 nitrogen and oxygen atoms in total. The van der Waals surface area contributed by atoms with Gasteiger partial charge in [0, 0.05) is 12.1 Å². The van der Waals surface area contributed by atoms with Gasteiger partial charge in [-0.2, -0.15) is 0 Å². The standard InChI is InChI=1S/C10H11FN2O2/c11-7-4-6(2-1-3-12)9(13)8(5-7)10(14)15/h1-2,4-5H,3,12-13H2,(H,14,15). The van der Waals surface area contributed by atoms with Crippen molar-refractivity contribution in [1.29, 1.82) is 0 Å². The minimum Gasteiger partial charge on any atom is -0.478 e. The van der Waals surface area contributed by atoms with Gasteiger partial charge in [-0.05, 0) is 12.1 Å². The van der Waals surface area contributed by atoms with Gasteiger partial charge in [0.1, 0.15) is 5.82 Å². The lowest BCUT2D eigenvalue weighted by molar-refractivity contribution is 0.0697. The first-order valence-corrected chi connectivity index (χ1v) is 4.25. The number of nitrogens with two attached hydrogens (primary N) is 2. The highest BCUT2D eigenvalue weighted by Crippen LogP contribution is 2.21. The van der Waals surface area contributed by atoms with Gasteiger partial charge in [-0.1, -0.05) is 12.2 Å². The summed E-state index contributed by atoms with van der Waals surface area (Å²) in [4.78, 5) is 10.7. The van der Waals surface area contributed by atoms with E-state index in [1.807, 2.05) is 0 Å². The minimum absolute atomic E-state index is 0.0357. The summed E-state index contributed by atoms with van der Waals surface area (Å²) in [7, 11) is 0. The van der Waals surface area contributed by atoms with E-state index in [0.29, 0.717) is 5.56 Å². The molecule has 0 fully saturated rings. The Kier molecular flexibility index (Phi) is 3.41. The Bertz CT molecular complexity index is 416. The van der Waals surface area contributed by atoms with Gasteiger partial charge in [0.25, 0.3) is 0 Å². The molecule has 0 aliphatic heterocycles. The van der Waals surface area contributed by atoms with Crippen molar-refractivity contribution in [1.82, 2.24) is 0 Å². The van der Waals surface area contributed by atoms with Gasteiger partial charge in [-0.3, -0.25) is 0 Å². The fourth-order valence-electron chi connectivity index (χ4n) is 1.15. The summed E-state index contributed by atoms with van der Waals surface area (Å²) in [5.41, 5.74) is 10.9. The summed E-state index contributed by atoms with van der Waals surface area (Å²) in [6, 6.07) is 2.05. The quantitative estimate of drug-likeness (QED) is 0.651. The van der Waals surface area contributed by atoms with Crippen LogP contribution in [-0.2, 0) is 0 Å². The largest absolute Gasteiger partial charge is 0.478 e. The molecule has 0 amide bonds. The Hall–Kier alpha value is -1.88. The highest BCUT2D eigenvalue weighted by Gasteiger charge is 2.12. The van der Waals surface area contributed by atoms with Crippen molar-refractivity contribution in [3.63, 3.8) is 0 Å². The monoisotopic (exact) mass is 210 g/mol. The SMILES string of the molecule is NCC=Cc1cc(F)cc(C(=O)O)c1N. The van der Waals surface area contributed by atoms with Crippen LogP contribution in [0.25, 0.3) is 6.08 Å². The number of halogens is 1. The van der Waals surface area contributed by atoms with E-state index in [4.69, 9.17) is 16.6 Å². The number of carboxylic acids is 1. The summed E-state index contributed by atoms with van der Waals surface area (Å²) in [5.74, 6) is -1.90. The van der Waals surface area contributed by atoms with E-state index in [1.54, 1.807) is 6.08 Å². The van der Waals surface area contributed by atoms with E-state index in [0.717, 1.165) is 12.1 Å². The van der Waals surface area contributed by atoms with Crippen LogP contribution in [0.1, 0.15) is 15.9 Å². The summed E-state index contributed by atoms with van der Waals surface area (Å²) in [6.45, 7) is 0.276. The zero-order valence-corrected chi connectivity index (χ0v) is 7.90. The molecule has 80 valence electrons. The third-order valence-corrected chi connectivity index (χ3v) is 1.84. The molecule has 0 bridgehead atoms. The number of rotatable bonds is 3. The molecular formula is C10H11FN2O2. The van der Waals surface area contributed by atoms with Crippen molar-refractivity contribution in [3.8, 4) is 0 Å². The summed E-state index contributed by atoms with van der Waals surface area (Å²) in [6.07, 6.45) is 3.06. The van der Waals surface area contributed by atoms with Gasteiger partial charge in [-0.25, -0.2) is 9.18 Å². The van der Waals surface area contributed by atoms with Crippen LogP contribution >= 0.6 is 0 Å². The molecule has 0 heterocycles. The molecule has 0 spiro atoms. The van der Waals surface area contributed by atoms with Crippen molar-refractivity contribution in [2.75, 3.05) is 12.3 Å². The molecule has 0 aliphatic rings. The Labute approximate surface area is 86.0 Å². The number of anilines is 1. The molecule has 0 unspecified atom stereocenters. The van der Waals surface area contributed by atoms with E-state index >= 15 is 0 Å². The fraction of sp³-hybridized carbons (Fsp3) is 0.100. The number of aromatic carboxylic acids is 1. The fourth-order valence-corrected chi connectivity index (χ4v) is 1.15. The molecule has 1 aromatic rings. The molecule has 0 saturated carbocycles. The zero-order valence-electron chi connectivity index (χ0n) is 7.90. The molecule has 0 atom stereocenters. The van der Waals surface area contributed by atoms with Gasteiger partial charge >= 0.3 is 5.97 Å². The average Bonchev–Trinajstić information content (AvgIpc) is 2.18. The van der Waals surface area contributed by atoms with Crippen molar-refractivity contribution in [2.45, 2.75) is 0 Å². The first-order chi connectivity index (χ1) is 7.06. The second-order valence-electron chi connectivity index (χ2n) is 2.90. The third-order valence-electron chi connectivity index (χ3n) is 1.84. The lowest BCUT2D eigenvalue weighted by Gasteiger charge is -2.05. The highest BCUT2D eigenvalue weighted by molar-refractivity contribution is 5.95. The molecule has 0 saturated heterocycles. The molecule has 5 heteroatoms. The predicted molar refractivity (Wildman–Crippen MR) is 55.9 cm³/mol. The second kappa shape index (κ2) is 4.56. The Balaban J connectivity index is 3.28. The van der Waals surface area contributed by atoms with E-state index < -0.39 is 11.8 Å². The number of benzene rings is 1. The van der Waals surface area contributed by atoms with Gasteiger partial charge in [0.05, 0.1) is 11.3 Å². The Morgan fingerprint density at radius 3 is 2.73 bits per heavy atom. The molecular weight excluding hydrogens is 199 g/mol. The van der Waals surface area contributed by atoms with Crippen molar-refractivity contribution >= 4 is 17.7 Å². The first kappa shape index (κ1) is 11.2. The molecule has 1 aromatic carbocycles. The summed E-state index contributed by atoms with van der Waals surface area (Å²) in [5, 5.41) is 8.74. The summed E-state index contributed by atoms with van der Waals surface area (Å²) >= 11 is 0. The maximum atomic E-state index is 13.0. The number of hydrogen-bond donors (Lipinski definition) is 3. The van der Waals surface area contributed by atoms with E-state index in [-0.39, 0.29) is 17.8 Å². The van der Waals surface area contributed by atoms with Crippen molar-refractivity contribution < 1.29 is 14.3 Å². The Morgan fingerprint density at radius 1 is 1.53 bits per heavy atom. The van der Waals surface area contributed by atoms with Crippen LogP contribution in [-0.4, -0.2) is 17.6 Å². The van der Waals surface area contributed by atoms with Gasteiger partial charge in [0.2, 0.25) is 0 Å². The smallest absolute Gasteiger partial charge is 0.337 e. The molecule has 1 rings (SSSR count). The Morgan fingerprint density at radius 2 is 2.20 bits per heavy atom.